The van der Waals surface area contributed by atoms with Gasteiger partial charge in [0.15, 0.2) is 6.61 Å². The maximum absolute atomic E-state index is 12.5. The number of amides is 2. The Kier molecular flexibility index (Phi) is 6.13. The van der Waals surface area contributed by atoms with Crippen molar-refractivity contribution < 1.29 is 23.8 Å². The Labute approximate surface area is 213 Å². The molecule has 0 spiro atoms. The molecule has 0 saturated carbocycles. The first kappa shape index (κ1) is 23.3. The Morgan fingerprint density at radius 1 is 1.16 bits per heavy atom. The monoisotopic (exact) mass is 504 g/mol. The van der Waals surface area contributed by atoms with Crippen LogP contribution in [0.1, 0.15) is 6.42 Å². The van der Waals surface area contributed by atoms with E-state index in [1.807, 2.05) is 24.4 Å². The van der Waals surface area contributed by atoms with Crippen LogP contribution in [0.5, 0.6) is 11.6 Å². The SMILES string of the molecule is COc1ccc2nccc(N3CC[C@@H](CNC[C@@H]4CN(c5ccc6c(c5)NC(=O)CO6)C(=O)O4)C3)c2n1. The van der Waals surface area contributed by atoms with Gasteiger partial charge in [-0.3, -0.25) is 14.7 Å². The number of anilines is 3. The highest BCUT2D eigenvalue weighted by molar-refractivity contribution is 5.97. The highest BCUT2D eigenvalue weighted by atomic mass is 16.6. The first-order valence-electron chi connectivity index (χ1n) is 12.4. The quantitative estimate of drug-likeness (QED) is 0.500. The average Bonchev–Trinajstić information content (AvgIpc) is 3.54. The standard InChI is InChI=1S/C26H28N6O5/c1-35-24-5-3-19-25(30-24)21(6-8-28-19)31-9-7-16(13-31)11-27-12-18-14-32(26(34)37-18)17-2-4-22-20(10-17)29-23(33)15-36-22/h2-6,8,10,16,18,27H,7,9,11-15H2,1H3,(H,29,33)/t16-,18+/m0/s1. The van der Waals surface area contributed by atoms with Crippen LogP contribution < -0.4 is 29.9 Å². The molecule has 37 heavy (non-hydrogen) atoms. The molecule has 2 fully saturated rings. The molecule has 0 aliphatic carbocycles. The van der Waals surface area contributed by atoms with Crippen LogP contribution in [0.15, 0.2) is 42.6 Å². The van der Waals surface area contributed by atoms with E-state index in [9.17, 15) is 9.59 Å². The number of cyclic esters (lactones) is 1. The van der Waals surface area contributed by atoms with Crippen LogP contribution >= 0.6 is 0 Å². The summed E-state index contributed by atoms with van der Waals surface area (Å²) in [7, 11) is 1.61. The summed E-state index contributed by atoms with van der Waals surface area (Å²) in [6.45, 7) is 3.68. The summed E-state index contributed by atoms with van der Waals surface area (Å²) in [5, 5.41) is 6.26. The summed E-state index contributed by atoms with van der Waals surface area (Å²) >= 11 is 0. The molecule has 2 saturated heterocycles. The van der Waals surface area contributed by atoms with E-state index in [2.05, 4.69) is 25.5 Å². The van der Waals surface area contributed by atoms with Crippen molar-refractivity contribution in [3.05, 3.63) is 42.6 Å². The summed E-state index contributed by atoms with van der Waals surface area (Å²) in [4.78, 5) is 37.1. The van der Waals surface area contributed by atoms with Crippen molar-refractivity contribution in [2.75, 3.05) is 61.6 Å². The van der Waals surface area contributed by atoms with E-state index in [0.29, 0.717) is 42.0 Å². The maximum Gasteiger partial charge on any atom is 0.414 e. The van der Waals surface area contributed by atoms with E-state index >= 15 is 0 Å². The van der Waals surface area contributed by atoms with Crippen LogP contribution in [0.4, 0.5) is 21.9 Å². The number of benzene rings is 1. The van der Waals surface area contributed by atoms with Crippen LogP contribution in [-0.4, -0.2) is 74.5 Å². The fourth-order valence-corrected chi connectivity index (χ4v) is 5.11. The molecule has 0 unspecified atom stereocenters. The van der Waals surface area contributed by atoms with E-state index in [0.717, 1.165) is 42.8 Å². The fourth-order valence-electron chi connectivity index (χ4n) is 5.11. The molecule has 2 aromatic heterocycles. The van der Waals surface area contributed by atoms with Crippen molar-refractivity contribution in [1.29, 1.82) is 0 Å². The molecule has 2 N–H and O–H groups in total. The number of carbonyl (C=O) groups is 2. The predicted octanol–water partition coefficient (Wildman–Crippen LogP) is 2.41. The molecule has 2 atom stereocenters. The van der Waals surface area contributed by atoms with E-state index < -0.39 is 6.09 Å². The second-order valence-electron chi connectivity index (χ2n) is 9.44. The van der Waals surface area contributed by atoms with Crippen molar-refractivity contribution >= 4 is 40.1 Å². The summed E-state index contributed by atoms with van der Waals surface area (Å²) < 4.78 is 16.3. The summed E-state index contributed by atoms with van der Waals surface area (Å²) in [5.41, 5.74) is 3.99. The van der Waals surface area contributed by atoms with Gasteiger partial charge >= 0.3 is 6.09 Å². The minimum absolute atomic E-state index is 0.00458. The van der Waals surface area contributed by atoms with Crippen molar-refractivity contribution in [1.82, 2.24) is 15.3 Å². The minimum atomic E-state index is -0.394. The van der Waals surface area contributed by atoms with Crippen LogP contribution in [0.3, 0.4) is 0 Å². The van der Waals surface area contributed by atoms with Gasteiger partial charge in [-0.2, -0.15) is 0 Å². The molecule has 0 radical (unpaired) electrons. The van der Waals surface area contributed by atoms with Crippen molar-refractivity contribution in [2.45, 2.75) is 12.5 Å². The molecule has 5 heterocycles. The van der Waals surface area contributed by atoms with Gasteiger partial charge in [0, 0.05) is 37.6 Å². The van der Waals surface area contributed by atoms with Gasteiger partial charge in [-0.1, -0.05) is 0 Å². The topological polar surface area (TPSA) is 118 Å². The Morgan fingerprint density at radius 3 is 2.97 bits per heavy atom. The highest BCUT2D eigenvalue weighted by Gasteiger charge is 2.33. The lowest BCUT2D eigenvalue weighted by molar-refractivity contribution is -0.118. The smallest absolute Gasteiger partial charge is 0.414 e. The molecule has 11 nitrogen and oxygen atoms in total. The molecule has 0 bridgehead atoms. The van der Waals surface area contributed by atoms with Crippen molar-refractivity contribution in [3.63, 3.8) is 0 Å². The molecule has 192 valence electrons. The number of hydrogen-bond donors (Lipinski definition) is 2. The van der Waals surface area contributed by atoms with Gasteiger partial charge in [0.25, 0.3) is 5.91 Å². The molecule has 1 aromatic carbocycles. The van der Waals surface area contributed by atoms with E-state index in [-0.39, 0.29) is 18.6 Å². The van der Waals surface area contributed by atoms with Crippen LogP contribution in [0, 0.1) is 5.92 Å². The molecule has 6 rings (SSSR count). The third-order valence-corrected chi connectivity index (χ3v) is 6.96. The average molecular weight is 505 g/mol. The number of nitrogens with one attached hydrogen (secondary N) is 2. The second-order valence-corrected chi connectivity index (χ2v) is 9.44. The van der Waals surface area contributed by atoms with Gasteiger partial charge in [0.1, 0.15) is 17.4 Å². The van der Waals surface area contributed by atoms with Crippen LogP contribution in [-0.2, 0) is 9.53 Å². The van der Waals surface area contributed by atoms with Gasteiger partial charge < -0.3 is 29.7 Å². The summed E-state index contributed by atoms with van der Waals surface area (Å²) in [5.74, 6) is 1.42. The van der Waals surface area contributed by atoms with Gasteiger partial charge in [0.2, 0.25) is 5.88 Å². The molecule has 11 heteroatoms. The second kappa shape index (κ2) is 9.74. The molecular weight excluding hydrogens is 476 g/mol. The molecular formula is C26H28N6O5. The number of carbonyl (C=O) groups excluding carboxylic acids is 2. The Hall–Kier alpha value is -4.12. The number of aromatic nitrogens is 2. The van der Waals surface area contributed by atoms with Crippen molar-refractivity contribution in [2.24, 2.45) is 5.92 Å². The first-order valence-corrected chi connectivity index (χ1v) is 12.4. The third kappa shape index (κ3) is 4.69. The van der Waals surface area contributed by atoms with Crippen molar-refractivity contribution in [3.8, 4) is 11.6 Å². The molecule has 2 amide bonds. The summed E-state index contributed by atoms with van der Waals surface area (Å²) in [6.07, 6.45) is 2.23. The van der Waals surface area contributed by atoms with Gasteiger partial charge in [-0.15, -0.1) is 0 Å². The fraction of sp³-hybridized carbons (Fsp3) is 0.385. The predicted molar refractivity (Wildman–Crippen MR) is 137 cm³/mol. The van der Waals surface area contributed by atoms with Gasteiger partial charge in [0.05, 0.1) is 30.5 Å². The number of hydrogen-bond acceptors (Lipinski definition) is 9. The molecule has 3 aliphatic heterocycles. The Bertz CT molecular complexity index is 1350. The van der Waals surface area contributed by atoms with Crippen LogP contribution in [0.2, 0.25) is 0 Å². The minimum Gasteiger partial charge on any atom is -0.482 e. The zero-order valence-electron chi connectivity index (χ0n) is 20.5. The normalized spacial score (nSPS) is 21.0. The lowest BCUT2D eigenvalue weighted by atomic mass is 10.1. The number of rotatable bonds is 7. The Balaban J connectivity index is 1.03. The molecule has 3 aromatic rings. The first-order chi connectivity index (χ1) is 18.1. The zero-order chi connectivity index (χ0) is 25.4. The Morgan fingerprint density at radius 2 is 2.08 bits per heavy atom. The van der Waals surface area contributed by atoms with E-state index in [4.69, 9.17) is 14.2 Å². The number of ether oxygens (including phenoxy) is 3. The molecule has 3 aliphatic rings. The largest absolute Gasteiger partial charge is 0.482 e. The van der Waals surface area contributed by atoms with Crippen LogP contribution in [0.25, 0.3) is 11.0 Å². The summed E-state index contributed by atoms with van der Waals surface area (Å²) in [6, 6.07) is 11.1. The maximum atomic E-state index is 12.5. The number of fused-ring (bicyclic) bond motifs is 2. The van der Waals surface area contributed by atoms with Gasteiger partial charge in [-0.25, -0.2) is 9.78 Å². The number of nitrogens with zero attached hydrogens (tertiary/aromatic N) is 4. The zero-order valence-corrected chi connectivity index (χ0v) is 20.5. The lowest BCUT2D eigenvalue weighted by Gasteiger charge is -2.21. The van der Waals surface area contributed by atoms with E-state index in [1.165, 1.54) is 0 Å². The van der Waals surface area contributed by atoms with Gasteiger partial charge in [-0.05, 0) is 49.2 Å². The number of pyridine rings is 2. The third-order valence-electron chi connectivity index (χ3n) is 6.96. The lowest BCUT2D eigenvalue weighted by Crippen LogP contribution is -2.34. The number of methoxy groups -OCH3 is 1. The highest BCUT2D eigenvalue weighted by Crippen LogP contribution is 2.34. The van der Waals surface area contributed by atoms with E-state index in [1.54, 1.807) is 30.2 Å².